The number of nitrogens with zero attached hydrogens (tertiary/aromatic N) is 3. The summed E-state index contributed by atoms with van der Waals surface area (Å²) in [4.78, 5) is 28.6. The van der Waals surface area contributed by atoms with Crippen LogP contribution in [-0.2, 0) is 4.79 Å². The largest absolute Gasteiger partial charge is 0.481 e. The fourth-order valence-electron chi connectivity index (χ4n) is 3.00. The molecule has 2 saturated heterocycles. The first-order valence-electron chi connectivity index (χ1n) is 7.58. The second-order valence-corrected chi connectivity index (χ2v) is 6.28. The molecule has 0 aromatic heterocycles. The van der Waals surface area contributed by atoms with Crippen molar-refractivity contribution in [1.29, 1.82) is 0 Å². The molecule has 0 aliphatic carbocycles. The number of aliphatic hydroxyl groups is 1. The number of hydrogen-bond acceptors (Lipinski definition) is 4. The predicted molar refractivity (Wildman–Crippen MR) is 77.1 cm³/mol. The van der Waals surface area contributed by atoms with Crippen LogP contribution < -0.4 is 0 Å². The fourth-order valence-corrected chi connectivity index (χ4v) is 3.00. The summed E-state index contributed by atoms with van der Waals surface area (Å²) in [7, 11) is 0. The fraction of sp³-hybridized carbons (Fsp3) is 0.857. The number of carbonyl (C=O) groups excluding carboxylic acids is 1. The Hall–Kier alpha value is -1.34. The number of likely N-dealkylation sites (tertiary alicyclic amines) is 1. The molecular weight excluding hydrogens is 274 g/mol. The number of hydrogen-bond donors (Lipinski definition) is 2. The van der Waals surface area contributed by atoms with E-state index >= 15 is 0 Å². The number of rotatable bonds is 3. The maximum Gasteiger partial charge on any atom is 0.320 e. The summed E-state index contributed by atoms with van der Waals surface area (Å²) in [5.41, 5.74) is -0.781. The average Bonchev–Trinajstić information content (AvgIpc) is 2.44. The van der Waals surface area contributed by atoms with Gasteiger partial charge in [-0.25, -0.2) is 4.79 Å². The Bertz CT molecular complexity index is 392. The lowest BCUT2D eigenvalue weighted by Crippen LogP contribution is -2.57. The van der Waals surface area contributed by atoms with Crippen LogP contribution in [-0.4, -0.2) is 88.3 Å². The molecule has 21 heavy (non-hydrogen) atoms. The van der Waals surface area contributed by atoms with Crippen LogP contribution in [0.5, 0.6) is 0 Å². The summed E-state index contributed by atoms with van der Waals surface area (Å²) in [5.74, 6) is -0.788. The lowest BCUT2D eigenvalue weighted by Gasteiger charge is -2.41. The SMILES string of the molecule is CC1(O)CCCN(C(=O)N2CCN(CCC(=O)O)CC2)C1. The molecule has 1 unspecified atom stereocenters. The van der Waals surface area contributed by atoms with Gasteiger partial charge in [0.25, 0.3) is 0 Å². The quantitative estimate of drug-likeness (QED) is 0.769. The molecule has 2 aliphatic rings. The number of carboxylic acids is 1. The number of amides is 2. The second kappa shape index (κ2) is 6.62. The molecule has 7 nitrogen and oxygen atoms in total. The zero-order chi connectivity index (χ0) is 15.5. The monoisotopic (exact) mass is 299 g/mol. The van der Waals surface area contributed by atoms with E-state index in [0.717, 1.165) is 12.8 Å². The van der Waals surface area contributed by atoms with Gasteiger partial charge in [-0.1, -0.05) is 0 Å². The van der Waals surface area contributed by atoms with Gasteiger partial charge in [-0.2, -0.15) is 0 Å². The van der Waals surface area contributed by atoms with Crippen molar-refractivity contribution >= 4 is 12.0 Å². The summed E-state index contributed by atoms with van der Waals surface area (Å²) in [6, 6.07) is -0.00661. The third-order valence-corrected chi connectivity index (χ3v) is 4.23. The highest BCUT2D eigenvalue weighted by Crippen LogP contribution is 2.21. The van der Waals surface area contributed by atoms with Gasteiger partial charge in [-0.3, -0.25) is 9.69 Å². The molecule has 2 amide bonds. The van der Waals surface area contributed by atoms with Crippen molar-refractivity contribution in [3.63, 3.8) is 0 Å². The summed E-state index contributed by atoms with van der Waals surface area (Å²) < 4.78 is 0. The summed E-state index contributed by atoms with van der Waals surface area (Å²) in [6.07, 6.45) is 1.71. The summed E-state index contributed by atoms with van der Waals surface area (Å²) in [6.45, 7) is 6.08. The van der Waals surface area contributed by atoms with Crippen molar-refractivity contribution in [2.24, 2.45) is 0 Å². The number of piperazine rings is 1. The molecule has 0 aromatic carbocycles. The van der Waals surface area contributed by atoms with Gasteiger partial charge in [0.2, 0.25) is 0 Å². The van der Waals surface area contributed by atoms with Gasteiger partial charge in [0.05, 0.1) is 18.6 Å². The topological polar surface area (TPSA) is 84.3 Å². The van der Waals surface area contributed by atoms with E-state index in [-0.39, 0.29) is 12.5 Å². The van der Waals surface area contributed by atoms with Gasteiger partial charge < -0.3 is 20.0 Å². The standard InChI is InChI=1S/C14H25N3O4/c1-14(21)4-2-5-17(11-14)13(20)16-9-7-15(8-10-16)6-3-12(18)19/h21H,2-11H2,1H3,(H,18,19). The summed E-state index contributed by atoms with van der Waals surface area (Å²) in [5, 5.41) is 18.8. The van der Waals surface area contributed by atoms with E-state index in [1.807, 2.05) is 0 Å². The van der Waals surface area contributed by atoms with E-state index < -0.39 is 11.6 Å². The Morgan fingerprint density at radius 2 is 1.76 bits per heavy atom. The van der Waals surface area contributed by atoms with Crippen molar-refractivity contribution in [3.05, 3.63) is 0 Å². The van der Waals surface area contributed by atoms with Crippen LogP contribution in [0.15, 0.2) is 0 Å². The van der Waals surface area contributed by atoms with Gasteiger partial charge in [0, 0.05) is 39.3 Å². The second-order valence-electron chi connectivity index (χ2n) is 6.28. The third kappa shape index (κ3) is 4.57. The van der Waals surface area contributed by atoms with Crippen LogP contribution >= 0.6 is 0 Å². The Balaban J connectivity index is 1.79. The van der Waals surface area contributed by atoms with E-state index in [1.165, 1.54) is 0 Å². The minimum Gasteiger partial charge on any atom is -0.481 e. The Morgan fingerprint density at radius 3 is 2.33 bits per heavy atom. The first kappa shape index (κ1) is 16.0. The Labute approximate surface area is 125 Å². The maximum atomic E-state index is 12.4. The van der Waals surface area contributed by atoms with E-state index in [0.29, 0.717) is 45.8 Å². The van der Waals surface area contributed by atoms with Crippen LogP contribution in [0, 0.1) is 0 Å². The van der Waals surface area contributed by atoms with Crippen molar-refractivity contribution in [1.82, 2.24) is 14.7 Å². The van der Waals surface area contributed by atoms with E-state index in [9.17, 15) is 14.7 Å². The number of aliphatic carboxylic acids is 1. The first-order chi connectivity index (χ1) is 9.87. The smallest absolute Gasteiger partial charge is 0.320 e. The lowest BCUT2D eigenvalue weighted by molar-refractivity contribution is -0.137. The van der Waals surface area contributed by atoms with Crippen molar-refractivity contribution in [2.45, 2.75) is 31.8 Å². The maximum absolute atomic E-state index is 12.4. The molecule has 0 bridgehead atoms. The van der Waals surface area contributed by atoms with Crippen molar-refractivity contribution in [3.8, 4) is 0 Å². The molecule has 1 atom stereocenters. The number of piperidine rings is 1. The van der Waals surface area contributed by atoms with Crippen LogP contribution in [0.25, 0.3) is 0 Å². The Kier molecular flexibility index (Phi) is 5.05. The molecule has 2 rings (SSSR count). The number of carbonyl (C=O) groups is 2. The van der Waals surface area contributed by atoms with Crippen LogP contribution in [0.1, 0.15) is 26.2 Å². The minimum absolute atomic E-state index is 0.00661. The third-order valence-electron chi connectivity index (χ3n) is 4.23. The highest BCUT2D eigenvalue weighted by molar-refractivity contribution is 5.74. The average molecular weight is 299 g/mol. The lowest BCUT2D eigenvalue weighted by atomic mass is 9.95. The molecule has 2 N–H and O–H groups in total. The molecule has 120 valence electrons. The molecule has 0 saturated carbocycles. The molecule has 2 heterocycles. The minimum atomic E-state index is -0.788. The molecule has 7 heteroatoms. The van der Waals surface area contributed by atoms with E-state index in [4.69, 9.17) is 5.11 Å². The summed E-state index contributed by atoms with van der Waals surface area (Å²) >= 11 is 0. The molecular formula is C14H25N3O4. The van der Waals surface area contributed by atoms with E-state index in [2.05, 4.69) is 4.90 Å². The van der Waals surface area contributed by atoms with Gasteiger partial charge in [0.15, 0.2) is 0 Å². The van der Waals surface area contributed by atoms with Gasteiger partial charge in [-0.15, -0.1) is 0 Å². The van der Waals surface area contributed by atoms with Gasteiger partial charge >= 0.3 is 12.0 Å². The van der Waals surface area contributed by atoms with Crippen LogP contribution in [0.3, 0.4) is 0 Å². The highest BCUT2D eigenvalue weighted by atomic mass is 16.4. The number of carboxylic acid groups (broad SMARTS) is 1. The van der Waals surface area contributed by atoms with Crippen LogP contribution in [0.2, 0.25) is 0 Å². The van der Waals surface area contributed by atoms with Crippen molar-refractivity contribution in [2.75, 3.05) is 45.8 Å². The molecule has 0 spiro atoms. The predicted octanol–water partition coefficient (Wildman–Crippen LogP) is 0.0455. The number of urea groups is 1. The first-order valence-corrected chi connectivity index (χ1v) is 7.58. The number of β-amino-alcohol motifs (C(OH)–C–C–N with tert-alkyl or cyclic N) is 1. The van der Waals surface area contributed by atoms with Crippen molar-refractivity contribution < 1.29 is 19.8 Å². The Morgan fingerprint density at radius 1 is 1.10 bits per heavy atom. The molecule has 2 fully saturated rings. The van der Waals surface area contributed by atoms with E-state index in [1.54, 1.807) is 16.7 Å². The highest BCUT2D eigenvalue weighted by Gasteiger charge is 2.33. The normalized spacial score (nSPS) is 27.7. The van der Waals surface area contributed by atoms with Gasteiger partial charge in [-0.05, 0) is 19.8 Å². The molecule has 0 aromatic rings. The van der Waals surface area contributed by atoms with Crippen LogP contribution in [0.4, 0.5) is 4.79 Å². The van der Waals surface area contributed by atoms with Gasteiger partial charge in [0.1, 0.15) is 0 Å². The zero-order valence-electron chi connectivity index (χ0n) is 12.6. The molecule has 0 radical (unpaired) electrons. The zero-order valence-corrected chi connectivity index (χ0v) is 12.6. The molecule has 2 aliphatic heterocycles.